The molecule has 2 heterocycles. The molecule has 5 heteroatoms. The lowest BCUT2D eigenvalue weighted by Crippen LogP contribution is -2.37. The SMILES string of the molecule is COC(=O)c1ccc(C2(O)CCOC(C)C2)o1. The number of carbonyl (C=O) groups is 1. The van der Waals surface area contributed by atoms with E-state index in [9.17, 15) is 9.90 Å². The molecule has 17 heavy (non-hydrogen) atoms. The number of furan rings is 1. The van der Waals surface area contributed by atoms with E-state index in [1.807, 2.05) is 6.92 Å². The molecule has 1 fully saturated rings. The Balaban J connectivity index is 2.21. The van der Waals surface area contributed by atoms with Gasteiger partial charge < -0.3 is 19.0 Å². The fourth-order valence-electron chi connectivity index (χ4n) is 2.09. The van der Waals surface area contributed by atoms with Gasteiger partial charge in [-0.15, -0.1) is 0 Å². The third-order valence-corrected chi connectivity index (χ3v) is 2.99. The van der Waals surface area contributed by atoms with E-state index in [-0.39, 0.29) is 11.9 Å². The first-order chi connectivity index (χ1) is 8.05. The second kappa shape index (κ2) is 4.50. The Bertz CT molecular complexity index is 411. The Morgan fingerprint density at radius 2 is 2.35 bits per heavy atom. The van der Waals surface area contributed by atoms with E-state index in [0.717, 1.165) is 0 Å². The van der Waals surface area contributed by atoms with Crippen molar-refractivity contribution in [2.45, 2.75) is 31.5 Å². The molecular weight excluding hydrogens is 224 g/mol. The first-order valence-electron chi connectivity index (χ1n) is 5.58. The molecule has 5 nitrogen and oxygen atoms in total. The van der Waals surface area contributed by atoms with Gasteiger partial charge in [-0.1, -0.05) is 0 Å². The van der Waals surface area contributed by atoms with Crippen molar-refractivity contribution >= 4 is 5.97 Å². The highest BCUT2D eigenvalue weighted by Crippen LogP contribution is 2.35. The maximum atomic E-state index is 11.3. The first-order valence-corrected chi connectivity index (χ1v) is 5.58. The fourth-order valence-corrected chi connectivity index (χ4v) is 2.09. The van der Waals surface area contributed by atoms with Crippen LogP contribution in [0.4, 0.5) is 0 Å². The van der Waals surface area contributed by atoms with Crippen molar-refractivity contribution in [3.8, 4) is 0 Å². The molecule has 0 saturated carbocycles. The summed E-state index contributed by atoms with van der Waals surface area (Å²) >= 11 is 0. The van der Waals surface area contributed by atoms with E-state index >= 15 is 0 Å². The van der Waals surface area contributed by atoms with Crippen LogP contribution in [0.1, 0.15) is 36.1 Å². The van der Waals surface area contributed by atoms with Gasteiger partial charge in [0.2, 0.25) is 5.76 Å². The zero-order valence-corrected chi connectivity index (χ0v) is 9.93. The number of rotatable bonds is 2. The average molecular weight is 240 g/mol. The van der Waals surface area contributed by atoms with Crippen molar-refractivity contribution in [2.24, 2.45) is 0 Å². The van der Waals surface area contributed by atoms with E-state index in [1.165, 1.54) is 13.2 Å². The summed E-state index contributed by atoms with van der Waals surface area (Å²) in [5, 5.41) is 10.5. The molecule has 1 aliphatic rings. The van der Waals surface area contributed by atoms with E-state index in [2.05, 4.69) is 4.74 Å². The number of hydrogen-bond donors (Lipinski definition) is 1. The van der Waals surface area contributed by atoms with Gasteiger partial charge >= 0.3 is 5.97 Å². The van der Waals surface area contributed by atoms with Crippen molar-refractivity contribution in [2.75, 3.05) is 13.7 Å². The van der Waals surface area contributed by atoms with Crippen LogP contribution in [0.15, 0.2) is 16.5 Å². The summed E-state index contributed by atoms with van der Waals surface area (Å²) in [5.41, 5.74) is -1.05. The molecule has 0 aliphatic carbocycles. The minimum Gasteiger partial charge on any atom is -0.463 e. The van der Waals surface area contributed by atoms with Gasteiger partial charge in [0.05, 0.1) is 19.8 Å². The lowest BCUT2D eigenvalue weighted by Gasteiger charge is -2.33. The molecule has 2 rings (SSSR count). The van der Waals surface area contributed by atoms with Gasteiger partial charge in [0.25, 0.3) is 0 Å². The number of aliphatic hydroxyl groups is 1. The minimum atomic E-state index is -1.05. The molecule has 0 spiro atoms. The molecule has 1 N–H and O–H groups in total. The van der Waals surface area contributed by atoms with Gasteiger partial charge in [0.1, 0.15) is 11.4 Å². The maximum Gasteiger partial charge on any atom is 0.373 e. The van der Waals surface area contributed by atoms with E-state index in [4.69, 9.17) is 9.15 Å². The number of methoxy groups -OCH3 is 1. The topological polar surface area (TPSA) is 68.9 Å². The van der Waals surface area contributed by atoms with Gasteiger partial charge in [-0.05, 0) is 19.1 Å². The van der Waals surface area contributed by atoms with Gasteiger partial charge in [-0.3, -0.25) is 0 Å². The summed E-state index contributed by atoms with van der Waals surface area (Å²) in [5.74, 6) is -0.0388. The molecule has 2 unspecified atom stereocenters. The smallest absolute Gasteiger partial charge is 0.373 e. The molecule has 1 aromatic rings. The zero-order chi connectivity index (χ0) is 12.5. The summed E-state index contributed by atoms with van der Waals surface area (Å²) in [6, 6.07) is 3.13. The van der Waals surface area contributed by atoms with E-state index in [1.54, 1.807) is 6.07 Å². The largest absolute Gasteiger partial charge is 0.463 e. The molecule has 0 amide bonds. The third kappa shape index (κ3) is 2.35. The third-order valence-electron chi connectivity index (χ3n) is 2.99. The highest BCUT2D eigenvalue weighted by molar-refractivity contribution is 5.86. The summed E-state index contributed by atoms with van der Waals surface area (Å²) in [4.78, 5) is 11.3. The number of ether oxygens (including phenoxy) is 2. The van der Waals surface area contributed by atoms with Gasteiger partial charge in [0, 0.05) is 12.8 Å². The number of esters is 1. The summed E-state index contributed by atoms with van der Waals surface area (Å²) in [6.45, 7) is 2.38. The van der Waals surface area contributed by atoms with Gasteiger partial charge in [0.15, 0.2) is 0 Å². The highest BCUT2D eigenvalue weighted by Gasteiger charge is 2.38. The summed E-state index contributed by atoms with van der Waals surface area (Å²) < 4.78 is 15.3. The molecule has 94 valence electrons. The predicted octanol–water partition coefficient (Wildman–Crippen LogP) is 1.45. The van der Waals surface area contributed by atoms with Crippen molar-refractivity contribution in [3.63, 3.8) is 0 Å². The second-order valence-electron chi connectivity index (χ2n) is 4.32. The van der Waals surface area contributed by atoms with E-state index in [0.29, 0.717) is 25.2 Å². The van der Waals surface area contributed by atoms with Crippen LogP contribution in [0.3, 0.4) is 0 Å². The summed E-state index contributed by atoms with van der Waals surface area (Å²) in [6.07, 6.45) is 0.896. The lowest BCUT2D eigenvalue weighted by molar-refractivity contribution is -0.111. The van der Waals surface area contributed by atoms with E-state index < -0.39 is 11.6 Å². The zero-order valence-electron chi connectivity index (χ0n) is 9.93. The van der Waals surface area contributed by atoms with Crippen molar-refractivity contribution in [1.82, 2.24) is 0 Å². The average Bonchev–Trinajstić information content (AvgIpc) is 2.77. The van der Waals surface area contributed by atoms with Crippen molar-refractivity contribution in [3.05, 3.63) is 23.7 Å². The van der Waals surface area contributed by atoms with Crippen molar-refractivity contribution < 1.29 is 23.8 Å². The maximum absolute atomic E-state index is 11.3. The van der Waals surface area contributed by atoms with Crippen molar-refractivity contribution in [1.29, 1.82) is 0 Å². The van der Waals surface area contributed by atoms with Crippen LogP contribution in [0.25, 0.3) is 0 Å². The Morgan fingerprint density at radius 1 is 1.59 bits per heavy atom. The second-order valence-corrected chi connectivity index (χ2v) is 4.32. The minimum absolute atomic E-state index is 0.0274. The molecule has 1 aromatic heterocycles. The van der Waals surface area contributed by atoms with Gasteiger partial charge in [-0.2, -0.15) is 0 Å². The molecule has 1 aliphatic heterocycles. The van der Waals surface area contributed by atoms with Crippen LogP contribution < -0.4 is 0 Å². The Hall–Kier alpha value is -1.33. The van der Waals surface area contributed by atoms with Crippen LogP contribution in [-0.4, -0.2) is 30.9 Å². The monoisotopic (exact) mass is 240 g/mol. The normalized spacial score (nSPS) is 29.0. The Kier molecular flexibility index (Phi) is 3.22. The van der Waals surface area contributed by atoms with Crippen LogP contribution in [-0.2, 0) is 15.1 Å². The standard InChI is InChI=1S/C12H16O5/c1-8-7-12(14,5-6-16-8)10-4-3-9(17-10)11(13)15-2/h3-4,8,14H,5-7H2,1-2H3. The highest BCUT2D eigenvalue weighted by atomic mass is 16.5. The quantitative estimate of drug-likeness (QED) is 0.792. The first kappa shape index (κ1) is 12.1. The lowest BCUT2D eigenvalue weighted by atomic mass is 9.88. The van der Waals surface area contributed by atoms with Crippen LogP contribution in [0, 0.1) is 0 Å². The van der Waals surface area contributed by atoms with Crippen LogP contribution in [0.2, 0.25) is 0 Å². The Morgan fingerprint density at radius 3 is 3.00 bits per heavy atom. The molecule has 0 bridgehead atoms. The fraction of sp³-hybridized carbons (Fsp3) is 0.583. The molecular formula is C12H16O5. The van der Waals surface area contributed by atoms with Crippen LogP contribution in [0.5, 0.6) is 0 Å². The molecule has 2 atom stereocenters. The number of carbonyl (C=O) groups excluding carboxylic acids is 1. The number of hydrogen-bond acceptors (Lipinski definition) is 5. The molecule has 0 aromatic carbocycles. The van der Waals surface area contributed by atoms with Crippen LogP contribution >= 0.6 is 0 Å². The molecule has 1 saturated heterocycles. The van der Waals surface area contributed by atoms with Gasteiger partial charge in [-0.25, -0.2) is 4.79 Å². The predicted molar refractivity (Wildman–Crippen MR) is 58.6 cm³/mol. The molecule has 0 radical (unpaired) electrons. The Labute approximate surface area is 99.3 Å². The summed E-state index contributed by atoms with van der Waals surface area (Å²) in [7, 11) is 1.29.